The molecule has 0 aliphatic heterocycles. The number of halogens is 2. The van der Waals surface area contributed by atoms with Gasteiger partial charge in [0.15, 0.2) is 0 Å². The van der Waals surface area contributed by atoms with Crippen LogP contribution in [0, 0.1) is 12.1 Å². The van der Waals surface area contributed by atoms with Crippen molar-refractivity contribution < 1.29 is 77.2 Å². The average molecular weight is 736 g/mol. The number of fused-ring (bicyclic) bond motifs is 6. The molecule has 2 aliphatic rings. The monoisotopic (exact) mass is 732 g/mol. The Bertz CT molecular complexity index is 1630. The summed E-state index contributed by atoms with van der Waals surface area (Å²) in [6.07, 6.45) is 2.01. The van der Waals surface area contributed by atoms with Gasteiger partial charge in [-0.1, -0.05) is 143 Å². The molecule has 8 rings (SSSR count). The summed E-state index contributed by atoms with van der Waals surface area (Å²) in [7, 11) is 0. The molecule has 0 saturated heterocycles. The van der Waals surface area contributed by atoms with Gasteiger partial charge in [0.1, 0.15) is 0 Å². The van der Waals surface area contributed by atoms with Gasteiger partial charge in [-0.05, 0) is 24.0 Å². The van der Waals surface area contributed by atoms with Crippen molar-refractivity contribution in [2.24, 2.45) is 0 Å². The van der Waals surface area contributed by atoms with Crippen molar-refractivity contribution in [3.63, 3.8) is 0 Å². The van der Waals surface area contributed by atoms with Crippen LogP contribution in [0.1, 0.15) is 22.3 Å². The molecule has 0 heterocycles. The minimum Gasteiger partial charge on any atom is -1.00 e. The molecule has 2 aliphatic carbocycles. The Morgan fingerprint density at radius 1 is 0.357 bits per heavy atom. The zero-order valence-electron chi connectivity index (χ0n) is 22.9. The number of rotatable bonds is 2. The molecule has 0 N–H and O–H groups in total. The minimum absolute atomic E-state index is 0. The Morgan fingerprint density at radius 3 is 1.12 bits per heavy atom. The zero-order valence-corrected chi connectivity index (χ0v) is 29.3. The Labute approximate surface area is 299 Å². The van der Waals surface area contributed by atoms with Gasteiger partial charge in [0.2, 0.25) is 0 Å². The normalized spacial score (nSPS) is 10.9. The maximum atomic E-state index is 3.59. The summed E-state index contributed by atoms with van der Waals surface area (Å²) < 4.78 is 0. The largest absolute Gasteiger partial charge is 2.00 e. The van der Waals surface area contributed by atoms with Crippen LogP contribution in [0.3, 0.4) is 0 Å². The topological polar surface area (TPSA) is 0 Å². The Morgan fingerprint density at radius 2 is 0.714 bits per heavy atom. The van der Waals surface area contributed by atoms with Crippen molar-refractivity contribution in [1.29, 1.82) is 0 Å². The quantitative estimate of drug-likeness (QED) is 0.239. The second kappa shape index (κ2) is 15.4. The number of hydrogen-bond acceptors (Lipinski definition) is 0. The van der Waals surface area contributed by atoms with Gasteiger partial charge in [-0.25, -0.2) is 0 Å². The molecule has 6 aromatic carbocycles. The molecule has 0 nitrogen and oxygen atoms in total. The molecule has 0 unspecified atom stereocenters. The van der Waals surface area contributed by atoms with E-state index in [1.54, 1.807) is 0 Å². The predicted molar refractivity (Wildman–Crippen MR) is 158 cm³/mol. The van der Waals surface area contributed by atoms with E-state index in [1.807, 2.05) is 12.1 Å². The van der Waals surface area contributed by atoms with Crippen molar-refractivity contribution in [3.8, 4) is 44.5 Å². The number of benzene rings is 6. The third kappa shape index (κ3) is 6.90. The third-order valence-electron chi connectivity index (χ3n) is 7.57. The molecule has 0 amide bonds. The molecule has 0 atom stereocenters. The first-order chi connectivity index (χ1) is 18.8. The van der Waals surface area contributed by atoms with E-state index in [9.17, 15) is 0 Å². The van der Waals surface area contributed by atoms with E-state index in [-0.39, 0.29) is 77.2 Å². The Hall–Kier alpha value is -2.33. The smallest absolute Gasteiger partial charge is 1.00 e. The van der Waals surface area contributed by atoms with Crippen LogP contribution in [0.2, 0.25) is 0 Å². The van der Waals surface area contributed by atoms with Crippen LogP contribution >= 0.6 is 0 Å². The molecular weight excluding hydrogens is 710 g/mol. The van der Waals surface area contributed by atoms with E-state index in [4.69, 9.17) is 0 Å². The van der Waals surface area contributed by atoms with Crippen LogP contribution in [-0.4, -0.2) is 0 Å². The van der Waals surface area contributed by atoms with Gasteiger partial charge >= 0.3 is 52.4 Å². The van der Waals surface area contributed by atoms with Gasteiger partial charge in [-0.2, -0.15) is 0 Å². The first-order valence-corrected chi connectivity index (χ1v) is 13.2. The van der Waals surface area contributed by atoms with Crippen LogP contribution in [0.4, 0.5) is 0 Å². The van der Waals surface area contributed by atoms with Gasteiger partial charge in [-0.15, -0.1) is 58.7 Å². The summed E-state index contributed by atoms with van der Waals surface area (Å²) in [5.74, 6) is 0. The molecule has 0 radical (unpaired) electrons. The standard InChI is InChI=1S/2C19H13.2ClH.2Zr/c2*1-2-6-14(7-3-1)15-10-11-19-17(12-15)13-16-8-4-5-9-18(16)19;;;;/h2*1-11H,13H2;2*1H;;/q2*-1;;;2*+2/p-2. The maximum absolute atomic E-state index is 3.59. The first-order valence-electron chi connectivity index (χ1n) is 13.2. The average Bonchev–Trinajstić information content (AvgIpc) is 3.56. The van der Waals surface area contributed by atoms with Crippen LogP contribution in [0.5, 0.6) is 0 Å². The summed E-state index contributed by atoms with van der Waals surface area (Å²) >= 11 is 0. The molecular formula is C38H26Cl2Zr2. The second-order valence-electron chi connectivity index (χ2n) is 9.93. The predicted octanol–water partition coefficient (Wildman–Crippen LogP) is 3.45. The van der Waals surface area contributed by atoms with Gasteiger partial charge in [0.25, 0.3) is 0 Å². The molecule has 0 aromatic heterocycles. The maximum Gasteiger partial charge on any atom is 2.00 e. The van der Waals surface area contributed by atoms with E-state index >= 15 is 0 Å². The van der Waals surface area contributed by atoms with Crippen LogP contribution < -0.4 is 24.8 Å². The molecule has 200 valence electrons. The Kier molecular flexibility index (Phi) is 12.5. The van der Waals surface area contributed by atoms with E-state index in [0.29, 0.717) is 0 Å². The first kappa shape index (κ1) is 34.2. The number of hydrogen-bond donors (Lipinski definition) is 0. The van der Waals surface area contributed by atoms with Crippen LogP contribution in [0.25, 0.3) is 44.5 Å². The van der Waals surface area contributed by atoms with E-state index in [2.05, 4.69) is 133 Å². The summed E-state index contributed by atoms with van der Waals surface area (Å²) in [5, 5.41) is 0. The molecule has 42 heavy (non-hydrogen) atoms. The molecule has 0 saturated carbocycles. The fourth-order valence-electron chi connectivity index (χ4n) is 5.69. The fraction of sp³-hybridized carbons (Fsp3) is 0.0526. The van der Waals surface area contributed by atoms with Gasteiger partial charge in [0, 0.05) is 0 Å². The SMILES string of the molecule is [Cl-].[Cl-].[Zr+2].[Zr+2].[c-]1c(-c2ccccc2)ccc2c1Cc1ccccc1-2.[c-]1c(-c2ccccc2)ccc2c1Cc1ccccc1-2. The summed E-state index contributed by atoms with van der Waals surface area (Å²) in [5.41, 5.74) is 15.7. The van der Waals surface area contributed by atoms with E-state index in [0.717, 1.165) is 12.8 Å². The van der Waals surface area contributed by atoms with Gasteiger partial charge in [-0.3, -0.25) is 0 Å². The van der Waals surface area contributed by atoms with Crippen molar-refractivity contribution in [1.82, 2.24) is 0 Å². The van der Waals surface area contributed by atoms with Crippen molar-refractivity contribution in [3.05, 3.63) is 168 Å². The van der Waals surface area contributed by atoms with Crippen LogP contribution in [0.15, 0.2) is 133 Å². The van der Waals surface area contributed by atoms with Gasteiger partial charge in [0.05, 0.1) is 0 Å². The molecule has 0 fully saturated rings. The Balaban J connectivity index is 0.000000210. The molecule has 0 bridgehead atoms. The molecule has 4 heteroatoms. The van der Waals surface area contributed by atoms with Crippen molar-refractivity contribution >= 4 is 0 Å². The minimum atomic E-state index is 0. The fourth-order valence-corrected chi connectivity index (χ4v) is 5.69. The van der Waals surface area contributed by atoms with Crippen LogP contribution in [-0.2, 0) is 65.2 Å². The van der Waals surface area contributed by atoms with Crippen molar-refractivity contribution in [2.45, 2.75) is 12.8 Å². The summed E-state index contributed by atoms with van der Waals surface area (Å²) in [6.45, 7) is 0. The zero-order chi connectivity index (χ0) is 25.3. The van der Waals surface area contributed by atoms with E-state index < -0.39 is 0 Å². The van der Waals surface area contributed by atoms with E-state index in [1.165, 1.54) is 66.8 Å². The van der Waals surface area contributed by atoms with Gasteiger partial charge < -0.3 is 24.8 Å². The molecule has 0 spiro atoms. The summed E-state index contributed by atoms with van der Waals surface area (Å²) in [6, 6.07) is 54.2. The third-order valence-corrected chi connectivity index (χ3v) is 7.57. The van der Waals surface area contributed by atoms with Crippen molar-refractivity contribution in [2.75, 3.05) is 0 Å². The summed E-state index contributed by atoms with van der Waals surface area (Å²) in [4.78, 5) is 0. The second-order valence-corrected chi connectivity index (χ2v) is 9.93. The molecule has 6 aromatic rings.